The van der Waals surface area contributed by atoms with E-state index in [9.17, 15) is 4.79 Å². The van der Waals surface area contributed by atoms with Gasteiger partial charge in [0.2, 0.25) is 10.1 Å². The first kappa shape index (κ1) is 14.2. The fourth-order valence-electron chi connectivity index (χ4n) is 2.10. The van der Waals surface area contributed by atoms with Crippen molar-refractivity contribution in [1.82, 2.24) is 14.6 Å². The van der Waals surface area contributed by atoms with Crippen LogP contribution in [0, 0.1) is 5.41 Å². The van der Waals surface area contributed by atoms with Crippen LogP contribution in [0.15, 0.2) is 34.6 Å². The third kappa shape index (κ3) is 2.84. The van der Waals surface area contributed by atoms with Crippen LogP contribution in [0.5, 0.6) is 0 Å². The summed E-state index contributed by atoms with van der Waals surface area (Å²) in [6.45, 7) is 6.55. The summed E-state index contributed by atoms with van der Waals surface area (Å²) in [6.07, 6.45) is 1.51. The second-order valence-electron chi connectivity index (χ2n) is 5.84. The molecule has 0 bridgehead atoms. The summed E-state index contributed by atoms with van der Waals surface area (Å²) in [5.41, 5.74) is -0.131. The van der Waals surface area contributed by atoms with Gasteiger partial charge in [-0.3, -0.25) is 4.79 Å². The lowest BCUT2D eigenvalue weighted by molar-refractivity contribution is 0.351. The van der Waals surface area contributed by atoms with Gasteiger partial charge in [-0.05, 0) is 16.9 Å². The fraction of sp³-hybridized carbons (Fsp3) is 0.357. The maximum absolute atomic E-state index is 11.7. The molecule has 0 saturated carbocycles. The highest BCUT2D eigenvalue weighted by Crippen LogP contribution is 2.38. The molecular formula is C14H16N4OS2. The quantitative estimate of drug-likeness (QED) is 0.803. The second-order valence-corrected chi connectivity index (χ2v) is 7.78. The minimum Gasteiger partial charge on any atom is -0.352 e. The molecule has 0 aliphatic heterocycles. The molecule has 1 N–H and O–H groups in total. The molecule has 0 saturated heterocycles. The summed E-state index contributed by atoms with van der Waals surface area (Å²) in [5.74, 6) is 0. The van der Waals surface area contributed by atoms with Crippen molar-refractivity contribution in [3.63, 3.8) is 0 Å². The Kier molecular flexibility index (Phi) is 3.54. The molecule has 0 aliphatic rings. The van der Waals surface area contributed by atoms with E-state index in [1.54, 1.807) is 11.3 Å². The van der Waals surface area contributed by atoms with E-state index in [4.69, 9.17) is 0 Å². The molecule has 0 amide bonds. The van der Waals surface area contributed by atoms with Crippen molar-refractivity contribution < 1.29 is 0 Å². The zero-order valence-corrected chi connectivity index (χ0v) is 13.7. The Bertz CT molecular complexity index is 798. The minimum absolute atomic E-state index is 0.0289. The van der Waals surface area contributed by atoms with Gasteiger partial charge in [-0.25, -0.2) is 4.98 Å². The largest absolute Gasteiger partial charge is 0.352 e. The first-order valence-electron chi connectivity index (χ1n) is 6.60. The first-order valence-corrected chi connectivity index (χ1v) is 8.29. The predicted molar refractivity (Wildman–Crippen MR) is 87.3 cm³/mol. The summed E-state index contributed by atoms with van der Waals surface area (Å²) >= 11 is 3.10. The van der Waals surface area contributed by atoms with Crippen LogP contribution in [-0.4, -0.2) is 14.6 Å². The maximum Gasteiger partial charge on any atom is 0.275 e. The molecule has 3 rings (SSSR count). The second kappa shape index (κ2) is 5.23. The van der Waals surface area contributed by atoms with E-state index >= 15 is 0 Å². The van der Waals surface area contributed by atoms with Gasteiger partial charge in [-0.1, -0.05) is 38.2 Å². The van der Waals surface area contributed by atoms with Crippen molar-refractivity contribution in [1.29, 1.82) is 0 Å². The Morgan fingerprint density at radius 3 is 2.76 bits per heavy atom. The average molecular weight is 320 g/mol. The van der Waals surface area contributed by atoms with Crippen molar-refractivity contribution in [3.05, 3.63) is 45.0 Å². The molecule has 5 nitrogen and oxygen atoms in total. The number of thiophene rings is 1. The summed E-state index contributed by atoms with van der Waals surface area (Å²) in [7, 11) is 0. The molecule has 0 radical (unpaired) electrons. The number of fused-ring (bicyclic) bond motifs is 1. The van der Waals surface area contributed by atoms with Gasteiger partial charge in [0.15, 0.2) is 0 Å². The van der Waals surface area contributed by atoms with E-state index in [2.05, 4.69) is 47.6 Å². The van der Waals surface area contributed by atoms with Crippen LogP contribution < -0.4 is 10.9 Å². The van der Waals surface area contributed by atoms with Gasteiger partial charge in [-0.2, -0.15) is 4.52 Å². The van der Waals surface area contributed by atoms with Gasteiger partial charge in [0, 0.05) is 17.1 Å². The molecule has 110 valence electrons. The molecule has 3 aromatic heterocycles. The van der Waals surface area contributed by atoms with E-state index in [1.807, 2.05) is 6.07 Å². The summed E-state index contributed by atoms with van der Waals surface area (Å²) < 4.78 is 1.33. The molecule has 3 heterocycles. The van der Waals surface area contributed by atoms with Gasteiger partial charge in [0.1, 0.15) is 0 Å². The number of hydrogen-bond donors (Lipinski definition) is 1. The Morgan fingerprint density at radius 2 is 2.14 bits per heavy atom. The first-order chi connectivity index (χ1) is 9.95. The SMILES string of the molecule is CC(C)(C)[C@@H](Nc1nn2c(=O)ccnc2s1)c1cccs1. The Hall–Kier alpha value is -1.73. The highest BCUT2D eigenvalue weighted by Gasteiger charge is 2.28. The summed E-state index contributed by atoms with van der Waals surface area (Å²) in [6, 6.07) is 5.71. The summed E-state index contributed by atoms with van der Waals surface area (Å²) in [5, 5.41) is 10.6. The van der Waals surface area contributed by atoms with Crippen LogP contribution in [0.2, 0.25) is 0 Å². The van der Waals surface area contributed by atoms with Gasteiger partial charge < -0.3 is 5.32 Å². The highest BCUT2D eigenvalue weighted by atomic mass is 32.1. The van der Waals surface area contributed by atoms with Crippen LogP contribution in [0.3, 0.4) is 0 Å². The van der Waals surface area contributed by atoms with Gasteiger partial charge in [0.05, 0.1) is 6.04 Å². The van der Waals surface area contributed by atoms with Crippen LogP contribution in [0.4, 0.5) is 5.13 Å². The molecular weight excluding hydrogens is 304 g/mol. The van der Waals surface area contributed by atoms with Crippen molar-refractivity contribution in [3.8, 4) is 0 Å². The minimum atomic E-state index is -0.160. The van der Waals surface area contributed by atoms with Gasteiger partial charge in [0.25, 0.3) is 5.56 Å². The molecule has 0 spiro atoms. The Labute approximate surface area is 130 Å². The van der Waals surface area contributed by atoms with Crippen LogP contribution in [0.1, 0.15) is 31.7 Å². The van der Waals surface area contributed by atoms with Crippen molar-refractivity contribution in [2.75, 3.05) is 5.32 Å². The van der Waals surface area contributed by atoms with Crippen molar-refractivity contribution in [2.24, 2.45) is 5.41 Å². The number of rotatable bonds is 3. The lowest BCUT2D eigenvalue weighted by atomic mass is 9.86. The van der Waals surface area contributed by atoms with E-state index in [0.717, 1.165) is 0 Å². The average Bonchev–Trinajstić information content (AvgIpc) is 3.04. The smallest absolute Gasteiger partial charge is 0.275 e. The number of nitrogens with zero attached hydrogens (tertiary/aromatic N) is 3. The number of aromatic nitrogens is 3. The number of anilines is 1. The number of hydrogen-bond acceptors (Lipinski definition) is 6. The van der Waals surface area contributed by atoms with Gasteiger partial charge >= 0.3 is 0 Å². The standard InChI is InChI=1S/C14H16N4OS2/c1-14(2,3)11(9-5-4-8-20-9)16-12-17-18-10(19)6-7-15-13(18)21-12/h4-8,11H,1-3H3,(H,16,17)/t11-/m0/s1. The third-order valence-corrected chi connectivity index (χ3v) is 4.92. The van der Waals surface area contributed by atoms with Crippen LogP contribution in [-0.2, 0) is 0 Å². The molecule has 0 aliphatic carbocycles. The third-order valence-electron chi connectivity index (χ3n) is 3.13. The molecule has 1 atom stereocenters. The Balaban J connectivity index is 1.98. The van der Waals surface area contributed by atoms with Gasteiger partial charge in [-0.15, -0.1) is 16.4 Å². The molecule has 3 aromatic rings. The van der Waals surface area contributed by atoms with E-state index < -0.39 is 0 Å². The fourth-order valence-corrected chi connectivity index (χ4v) is 3.92. The lowest BCUT2D eigenvalue weighted by Gasteiger charge is -2.30. The normalized spacial score (nSPS) is 13.5. The van der Waals surface area contributed by atoms with E-state index in [-0.39, 0.29) is 17.0 Å². The monoisotopic (exact) mass is 320 g/mol. The zero-order chi connectivity index (χ0) is 15.0. The van der Waals surface area contributed by atoms with Crippen LogP contribution >= 0.6 is 22.7 Å². The molecule has 0 aromatic carbocycles. The maximum atomic E-state index is 11.7. The van der Waals surface area contributed by atoms with Crippen molar-refractivity contribution in [2.45, 2.75) is 26.8 Å². The molecule has 7 heteroatoms. The lowest BCUT2D eigenvalue weighted by Crippen LogP contribution is -2.25. The van der Waals surface area contributed by atoms with Crippen LogP contribution in [0.25, 0.3) is 4.96 Å². The van der Waals surface area contributed by atoms with E-state index in [1.165, 1.54) is 33.0 Å². The van der Waals surface area contributed by atoms with Crippen molar-refractivity contribution >= 4 is 32.8 Å². The number of nitrogens with one attached hydrogen (secondary N) is 1. The molecule has 0 fully saturated rings. The predicted octanol–water partition coefficient (Wildman–Crippen LogP) is 3.41. The molecule has 0 unspecified atom stereocenters. The molecule has 21 heavy (non-hydrogen) atoms. The van der Waals surface area contributed by atoms with E-state index in [0.29, 0.717) is 10.1 Å². The Morgan fingerprint density at radius 1 is 1.33 bits per heavy atom. The zero-order valence-electron chi connectivity index (χ0n) is 12.0. The highest BCUT2D eigenvalue weighted by molar-refractivity contribution is 7.20. The summed E-state index contributed by atoms with van der Waals surface area (Å²) in [4.78, 5) is 17.8. The topological polar surface area (TPSA) is 59.3 Å².